The molecular formula is C33H47N3O4. The van der Waals surface area contributed by atoms with Crippen molar-refractivity contribution in [2.75, 3.05) is 37.7 Å². The fourth-order valence-electron chi connectivity index (χ4n) is 6.44. The van der Waals surface area contributed by atoms with E-state index in [9.17, 15) is 9.90 Å². The Kier molecular flexibility index (Phi) is 8.74. The second kappa shape index (κ2) is 12.1. The van der Waals surface area contributed by atoms with E-state index in [0.29, 0.717) is 13.0 Å². The van der Waals surface area contributed by atoms with Crippen LogP contribution in [0.3, 0.4) is 0 Å². The van der Waals surface area contributed by atoms with Crippen LogP contribution in [0.1, 0.15) is 76.1 Å². The first-order valence-corrected chi connectivity index (χ1v) is 15.0. The molecule has 2 heterocycles. The van der Waals surface area contributed by atoms with Crippen molar-refractivity contribution in [2.45, 2.75) is 90.0 Å². The number of carbonyl (C=O) groups is 1. The van der Waals surface area contributed by atoms with Gasteiger partial charge >= 0.3 is 0 Å². The molecule has 0 bridgehead atoms. The van der Waals surface area contributed by atoms with Gasteiger partial charge in [0.25, 0.3) is 0 Å². The molecule has 1 amide bonds. The summed E-state index contributed by atoms with van der Waals surface area (Å²) in [4.78, 5) is 14.4. The maximum atomic E-state index is 12.0. The first kappa shape index (κ1) is 28.9. The Balaban J connectivity index is 1.42. The van der Waals surface area contributed by atoms with Crippen molar-refractivity contribution in [3.63, 3.8) is 0 Å². The number of aliphatic hydroxyl groups is 1. The molecule has 0 unspecified atom stereocenters. The molecule has 1 saturated carbocycles. The number of hydrogen-bond donors (Lipinski definition) is 3. The summed E-state index contributed by atoms with van der Waals surface area (Å²) >= 11 is 0. The van der Waals surface area contributed by atoms with Crippen LogP contribution in [0.25, 0.3) is 0 Å². The van der Waals surface area contributed by atoms with Crippen LogP contribution >= 0.6 is 0 Å². The number of rotatable bonds is 9. The van der Waals surface area contributed by atoms with Crippen LogP contribution in [0.15, 0.2) is 42.5 Å². The molecule has 2 fully saturated rings. The quantitative estimate of drug-likeness (QED) is 0.426. The topological polar surface area (TPSA) is 83.1 Å². The number of anilines is 1. The largest absolute Gasteiger partial charge is 0.485 e. The Bertz CT molecular complexity index is 1150. The summed E-state index contributed by atoms with van der Waals surface area (Å²) in [7, 11) is 0. The minimum atomic E-state index is -0.732. The van der Waals surface area contributed by atoms with Crippen LogP contribution in [-0.2, 0) is 22.4 Å². The highest BCUT2D eigenvalue weighted by atomic mass is 16.5. The van der Waals surface area contributed by atoms with Crippen molar-refractivity contribution in [3.8, 4) is 5.75 Å². The average molecular weight is 550 g/mol. The van der Waals surface area contributed by atoms with E-state index in [1.165, 1.54) is 30.2 Å². The molecular weight excluding hydrogens is 502 g/mol. The van der Waals surface area contributed by atoms with E-state index in [1.807, 2.05) is 30.3 Å². The van der Waals surface area contributed by atoms with Gasteiger partial charge in [0.15, 0.2) is 0 Å². The van der Waals surface area contributed by atoms with Crippen molar-refractivity contribution in [1.82, 2.24) is 10.6 Å². The highest BCUT2D eigenvalue weighted by molar-refractivity contribution is 5.73. The van der Waals surface area contributed by atoms with E-state index in [4.69, 9.17) is 9.47 Å². The molecule has 2 aliphatic heterocycles. The van der Waals surface area contributed by atoms with E-state index >= 15 is 0 Å². The zero-order chi connectivity index (χ0) is 28.3. The Morgan fingerprint density at radius 3 is 2.48 bits per heavy atom. The van der Waals surface area contributed by atoms with Crippen molar-refractivity contribution in [1.29, 1.82) is 0 Å². The van der Waals surface area contributed by atoms with Gasteiger partial charge in [-0.15, -0.1) is 0 Å². The van der Waals surface area contributed by atoms with E-state index in [1.54, 1.807) is 0 Å². The zero-order valence-electron chi connectivity index (χ0n) is 24.7. The van der Waals surface area contributed by atoms with E-state index in [0.717, 1.165) is 63.3 Å². The van der Waals surface area contributed by atoms with Crippen molar-refractivity contribution >= 4 is 11.6 Å². The van der Waals surface area contributed by atoms with Crippen LogP contribution in [0.4, 0.5) is 5.69 Å². The van der Waals surface area contributed by atoms with Gasteiger partial charge in [-0.25, -0.2) is 0 Å². The van der Waals surface area contributed by atoms with Crippen LogP contribution in [0, 0.1) is 5.41 Å². The minimum Gasteiger partial charge on any atom is -0.485 e. The SMILES string of the molecule is CC(=O)N[C@@H](Cc1ccccc1)[C@@H](O)CN[C@H]1CC2(CCC2)Oc2c1cc(CC(C)(C)C)cc2N1CCOCC1. The lowest BCUT2D eigenvalue weighted by molar-refractivity contribution is -0.120. The van der Waals surface area contributed by atoms with Crippen LogP contribution in [-0.4, -0.2) is 61.6 Å². The lowest BCUT2D eigenvalue weighted by Crippen LogP contribution is -2.52. The summed E-state index contributed by atoms with van der Waals surface area (Å²) in [6.07, 6.45) is 5.00. The van der Waals surface area contributed by atoms with Gasteiger partial charge in [0.05, 0.1) is 31.0 Å². The fourth-order valence-corrected chi connectivity index (χ4v) is 6.44. The molecule has 5 rings (SSSR count). The molecule has 2 aromatic carbocycles. The number of benzene rings is 2. The second-order valence-electron chi connectivity index (χ2n) is 13.2. The number of ether oxygens (including phenoxy) is 2. The third-order valence-electron chi connectivity index (χ3n) is 8.50. The molecule has 1 spiro atoms. The van der Waals surface area contributed by atoms with Crippen molar-refractivity contribution in [2.24, 2.45) is 5.41 Å². The summed E-state index contributed by atoms with van der Waals surface area (Å²) in [5.41, 5.74) is 4.78. The fraction of sp³-hybridized carbons (Fsp3) is 0.606. The van der Waals surface area contributed by atoms with Crippen LogP contribution in [0.2, 0.25) is 0 Å². The van der Waals surface area contributed by atoms with Crippen molar-refractivity contribution < 1.29 is 19.4 Å². The zero-order valence-corrected chi connectivity index (χ0v) is 24.7. The standard InChI is InChI=1S/C33H47N3O4/c1-23(37)35-27(18-24-9-6-5-7-10-24)30(38)22-34-28-21-33(11-8-12-33)40-31-26(28)17-25(20-32(2,3)4)19-29(31)36-13-15-39-16-14-36/h5-7,9-10,17,19,27-28,30,34,38H,8,11-16,18,20-22H2,1-4H3,(H,35,37)/t27-,28-,30-/m0/s1. The van der Waals surface area contributed by atoms with E-state index in [-0.39, 0.29) is 29.0 Å². The van der Waals surface area contributed by atoms with Gasteiger partial charge < -0.3 is 30.1 Å². The molecule has 2 aromatic rings. The van der Waals surface area contributed by atoms with E-state index < -0.39 is 6.10 Å². The Hall–Kier alpha value is -2.61. The number of fused-ring (bicyclic) bond motifs is 1. The summed E-state index contributed by atoms with van der Waals surface area (Å²) in [6, 6.07) is 14.4. The predicted molar refractivity (Wildman–Crippen MR) is 159 cm³/mol. The molecule has 0 radical (unpaired) electrons. The summed E-state index contributed by atoms with van der Waals surface area (Å²) in [6.45, 7) is 11.9. The monoisotopic (exact) mass is 549 g/mol. The number of carbonyl (C=O) groups excluding carboxylic acids is 1. The maximum Gasteiger partial charge on any atom is 0.217 e. The highest BCUT2D eigenvalue weighted by Crippen LogP contribution is 2.52. The lowest BCUT2D eigenvalue weighted by Gasteiger charge is -2.49. The first-order valence-electron chi connectivity index (χ1n) is 15.0. The smallest absolute Gasteiger partial charge is 0.217 e. The average Bonchev–Trinajstić information content (AvgIpc) is 2.90. The molecule has 3 aliphatic rings. The first-order chi connectivity index (χ1) is 19.1. The van der Waals surface area contributed by atoms with Crippen molar-refractivity contribution in [3.05, 3.63) is 59.2 Å². The molecule has 7 heteroatoms. The highest BCUT2D eigenvalue weighted by Gasteiger charge is 2.47. The Morgan fingerprint density at radius 2 is 1.85 bits per heavy atom. The van der Waals surface area contributed by atoms with Gasteiger partial charge in [-0.2, -0.15) is 0 Å². The molecule has 1 aliphatic carbocycles. The molecule has 0 aromatic heterocycles. The maximum absolute atomic E-state index is 12.0. The number of nitrogens with one attached hydrogen (secondary N) is 2. The number of morpholine rings is 1. The normalized spacial score (nSPS) is 21.6. The van der Waals surface area contributed by atoms with Crippen LogP contribution < -0.4 is 20.3 Å². The third-order valence-corrected chi connectivity index (χ3v) is 8.50. The lowest BCUT2D eigenvalue weighted by atomic mass is 9.72. The summed E-state index contributed by atoms with van der Waals surface area (Å²) in [5.74, 6) is 0.868. The number of nitrogens with zero attached hydrogens (tertiary/aromatic N) is 1. The van der Waals surface area contributed by atoms with Crippen LogP contribution in [0.5, 0.6) is 5.75 Å². The third kappa shape index (κ3) is 6.99. The van der Waals surface area contributed by atoms with Gasteiger partial charge in [-0.05, 0) is 54.7 Å². The minimum absolute atomic E-state index is 0.0631. The second-order valence-corrected chi connectivity index (χ2v) is 13.2. The van der Waals surface area contributed by atoms with Gasteiger partial charge in [-0.3, -0.25) is 4.79 Å². The molecule has 1 saturated heterocycles. The Morgan fingerprint density at radius 1 is 1.12 bits per heavy atom. The molecule has 7 nitrogen and oxygen atoms in total. The number of amides is 1. The van der Waals surface area contributed by atoms with Gasteiger partial charge in [0.2, 0.25) is 5.91 Å². The summed E-state index contributed by atoms with van der Waals surface area (Å²) < 4.78 is 12.6. The number of hydrogen-bond acceptors (Lipinski definition) is 6. The molecule has 3 atom stereocenters. The van der Waals surface area contributed by atoms with Gasteiger partial charge in [-0.1, -0.05) is 57.2 Å². The molecule has 218 valence electrons. The predicted octanol–water partition coefficient (Wildman–Crippen LogP) is 4.56. The summed E-state index contributed by atoms with van der Waals surface area (Å²) in [5, 5.41) is 18.1. The molecule has 40 heavy (non-hydrogen) atoms. The number of aliphatic hydroxyl groups excluding tert-OH is 1. The van der Waals surface area contributed by atoms with Gasteiger partial charge in [0, 0.05) is 44.6 Å². The van der Waals surface area contributed by atoms with Gasteiger partial charge in [0.1, 0.15) is 11.4 Å². The molecule has 3 N–H and O–H groups in total. The van der Waals surface area contributed by atoms with E-state index in [2.05, 4.69) is 48.4 Å². The Labute approximate surface area is 239 Å².